The van der Waals surface area contributed by atoms with Crippen LogP contribution in [0.4, 0.5) is 17.2 Å². The van der Waals surface area contributed by atoms with Crippen molar-refractivity contribution >= 4 is 44.4 Å². The number of nitrogen functional groups attached to an aromatic ring is 1. The molecule has 8 nitrogen and oxygen atoms in total. The van der Waals surface area contributed by atoms with E-state index in [0.29, 0.717) is 11.4 Å². The lowest BCUT2D eigenvalue weighted by Crippen LogP contribution is -2.10. The molecule has 2 aromatic heterocycles. The van der Waals surface area contributed by atoms with E-state index in [1.165, 1.54) is 12.3 Å². The number of pyridine rings is 1. The summed E-state index contributed by atoms with van der Waals surface area (Å²) in [5.74, 6) is -0.146. The molecule has 0 fully saturated rings. The highest BCUT2D eigenvalue weighted by molar-refractivity contribution is 7.90. The molecule has 0 spiro atoms. The first-order valence-corrected chi connectivity index (χ1v) is 11.0. The van der Waals surface area contributed by atoms with Gasteiger partial charge in [0.1, 0.15) is 0 Å². The van der Waals surface area contributed by atoms with Gasteiger partial charge in [-0.2, -0.15) is 5.10 Å². The molecule has 0 unspecified atom stereocenters. The summed E-state index contributed by atoms with van der Waals surface area (Å²) < 4.78 is 23.7. The summed E-state index contributed by atoms with van der Waals surface area (Å²) in [6.45, 7) is 5.73. The van der Waals surface area contributed by atoms with Crippen molar-refractivity contribution in [2.24, 2.45) is 0 Å². The number of aromatic nitrogens is 3. The average molecular weight is 452 g/mol. The number of aromatic amines is 1. The van der Waals surface area contributed by atoms with Crippen LogP contribution in [0.3, 0.4) is 0 Å². The molecular weight excluding hydrogens is 426 g/mol. The van der Waals surface area contributed by atoms with Gasteiger partial charge in [0.2, 0.25) is 0 Å². The van der Waals surface area contributed by atoms with Crippen molar-refractivity contribution in [3.05, 3.63) is 58.4 Å². The van der Waals surface area contributed by atoms with Crippen LogP contribution < -0.4 is 11.1 Å². The number of benzene rings is 1. The Morgan fingerprint density at radius 1 is 1.20 bits per heavy atom. The molecule has 0 saturated heterocycles. The fraction of sp³-hybridized carbons (Fsp3) is 0.250. The highest BCUT2D eigenvalue weighted by Crippen LogP contribution is 2.29. The van der Waals surface area contributed by atoms with E-state index in [9.17, 15) is 13.2 Å². The zero-order chi connectivity index (χ0) is 21.8. The summed E-state index contributed by atoms with van der Waals surface area (Å²) in [6, 6.07) is 7.82. The second kappa shape index (κ2) is 10.2. The Kier molecular flexibility index (Phi) is 8.56. The summed E-state index contributed by atoms with van der Waals surface area (Å²) >= 11 is 6.12. The van der Waals surface area contributed by atoms with Gasteiger partial charge >= 0.3 is 0 Å². The minimum Gasteiger partial charge on any atom is -0.394 e. The molecule has 162 valence electrons. The third-order valence-corrected chi connectivity index (χ3v) is 5.18. The molecule has 0 bridgehead atoms. The van der Waals surface area contributed by atoms with E-state index in [1.54, 1.807) is 31.2 Å². The molecule has 0 aliphatic heterocycles. The molecule has 0 aliphatic rings. The first-order chi connectivity index (χ1) is 13.7. The summed E-state index contributed by atoms with van der Waals surface area (Å²) in [6.07, 6.45) is 2.22. The lowest BCUT2D eigenvalue weighted by molar-refractivity contribution is 0.103. The normalized spacial score (nSPS) is 10.4. The fourth-order valence-electron chi connectivity index (χ4n) is 2.37. The van der Waals surface area contributed by atoms with Crippen molar-refractivity contribution in [3.63, 3.8) is 0 Å². The van der Waals surface area contributed by atoms with Crippen LogP contribution in [0.15, 0.2) is 41.6 Å². The van der Waals surface area contributed by atoms with Gasteiger partial charge in [0.15, 0.2) is 26.5 Å². The summed E-state index contributed by atoms with van der Waals surface area (Å²) in [5, 5.41) is 9.73. The third kappa shape index (κ3) is 5.37. The van der Waals surface area contributed by atoms with Gasteiger partial charge in [-0.15, -0.1) is 0 Å². The number of nitrogens with zero attached hydrogens (tertiary/aromatic N) is 2. The van der Waals surface area contributed by atoms with Crippen LogP contribution in [-0.2, 0) is 9.84 Å². The molecule has 30 heavy (non-hydrogen) atoms. The Balaban J connectivity index is 0.00000146. The predicted octanol–water partition coefficient (Wildman–Crippen LogP) is 4.39. The average Bonchev–Trinajstić information content (AvgIpc) is 3.01. The number of ketones is 1. The Hall–Kier alpha value is -2.91. The number of nitrogens with two attached hydrogens (primary N) is 1. The number of aryl methyl sites for hydroxylation is 1. The number of hydrogen-bond acceptors (Lipinski definition) is 7. The van der Waals surface area contributed by atoms with Gasteiger partial charge in [-0.1, -0.05) is 45.0 Å². The zero-order valence-corrected chi connectivity index (χ0v) is 18.0. The number of anilines is 3. The molecule has 1 aromatic carbocycles. The molecule has 0 amide bonds. The van der Waals surface area contributed by atoms with E-state index in [-0.39, 0.29) is 40.1 Å². The van der Waals surface area contributed by atoms with Crippen LogP contribution in [0.5, 0.6) is 0 Å². The minimum absolute atomic E-state index is 0. The van der Waals surface area contributed by atoms with E-state index in [1.807, 2.05) is 13.8 Å². The molecule has 0 aliphatic carbocycles. The van der Waals surface area contributed by atoms with Gasteiger partial charge < -0.3 is 11.1 Å². The highest BCUT2D eigenvalue weighted by atomic mass is 35.5. The maximum absolute atomic E-state index is 13.0. The van der Waals surface area contributed by atoms with Crippen molar-refractivity contribution < 1.29 is 13.2 Å². The van der Waals surface area contributed by atoms with E-state index in [2.05, 4.69) is 20.5 Å². The Labute approximate surface area is 181 Å². The molecular formula is C20H26ClN5O3S. The Bertz CT molecular complexity index is 1140. The molecule has 10 heteroatoms. The van der Waals surface area contributed by atoms with Crippen molar-refractivity contribution in [1.29, 1.82) is 0 Å². The number of H-pyrrole nitrogens is 1. The van der Waals surface area contributed by atoms with Crippen LogP contribution in [0.25, 0.3) is 0 Å². The van der Waals surface area contributed by atoms with Crippen LogP contribution in [0.1, 0.15) is 42.9 Å². The first-order valence-electron chi connectivity index (χ1n) is 8.75. The van der Waals surface area contributed by atoms with E-state index in [0.717, 1.165) is 6.26 Å². The van der Waals surface area contributed by atoms with Gasteiger partial charge in [-0.3, -0.25) is 9.89 Å². The Morgan fingerprint density at radius 2 is 1.83 bits per heavy atom. The van der Waals surface area contributed by atoms with Gasteiger partial charge in [-0.25, -0.2) is 13.4 Å². The largest absolute Gasteiger partial charge is 0.394 e. The molecule has 0 radical (unpaired) electrons. The number of halogens is 1. The van der Waals surface area contributed by atoms with E-state index < -0.39 is 15.6 Å². The van der Waals surface area contributed by atoms with Gasteiger partial charge in [0, 0.05) is 18.0 Å². The fourth-order valence-corrected chi connectivity index (χ4v) is 3.17. The lowest BCUT2D eigenvalue weighted by atomic mass is 10.0. The van der Waals surface area contributed by atoms with Crippen LogP contribution in [0, 0.1) is 6.92 Å². The number of hydrogen-bond donors (Lipinski definition) is 3. The van der Waals surface area contributed by atoms with Crippen molar-refractivity contribution in [2.75, 3.05) is 17.3 Å². The molecule has 4 N–H and O–H groups in total. The Morgan fingerprint density at radius 3 is 2.37 bits per heavy atom. The molecule has 3 aromatic rings. The topological polar surface area (TPSA) is 131 Å². The SMILES string of the molecule is C.CC.Cc1[nH]nc(Nc2cc(S(C)(=O)=O)ncc2C(=O)c2ccccc2Cl)c1N. The summed E-state index contributed by atoms with van der Waals surface area (Å²) in [7, 11) is -3.59. The second-order valence-electron chi connectivity index (χ2n) is 5.89. The molecule has 0 saturated carbocycles. The number of nitrogens with one attached hydrogen (secondary N) is 2. The van der Waals surface area contributed by atoms with Crippen LogP contribution >= 0.6 is 11.6 Å². The van der Waals surface area contributed by atoms with Crippen LogP contribution in [-0.4, -0.2) is 35.6 Å². The van der Waals surface area contributed by atoms with E-state index in [4.69, 9.17) is 17.3 Å². The van der Waals surface area contributed by atoms with Gasteiger partial charge in [0.05, 0.1) is 27.7 Å². The highest BCUT2D eigenvalue weighted by Gasteiger charge is 2.21. The standard InChI is InChI=1S/C17H16ClN5O3S.C2H6.CH4/c1-9-15(19)17(23-22-9)21-13-7-14(27(2,25)26)20-8-11(13)16(24)10-5-3-4-6-12(10)18;1-2;/h3-8H,19H2,1-2H3,(H2,20,21,22,23);1-2H3;1H4. The molecule has 2 heterocycles. The quantitative estimate of drug-likeness (QED) is 0.490. The van der Waals surface area contributed by atoms with Gasteiger partial charge in [0.25, 0.3) is 0 Å². The zero-order valence-electron chi connectivity index (χ0n) is 16.4. The predicted molar refractivity (Wildman–Crippen MR) is 121 cm³/mol. The second-order valence-corrected chi connectivity index (χ2v) is 8.25. The van der Waals surface area contributed by atoms with E-state index >= 15 is 0 Å². The summed E-state index contributed by atoms with van der Waals surface area (Å²) in [5.41, 5.74) is 7.53. The van der Waals surface area contributed by atoms with Crippen molar-refractivity contribution in [3.8, 4) is 0 Å². The number of carbonyl (C=O) groups is 1. The van der Waals surface area contributed by atoms with Crippen molar-refractivity contribution in [2.45, 2.75) is 33.2 Å². The number of carbonyl (C=O) groups excluding carboxylic acids is 1. The summed E-state index contributed by atoms with van der Waals surface area (Å²) in [4.78, 5) is 16.9. The third-order valence-electron chi connectivity index (χ3n) is 3.87. The van der Waals surface area contributed by atoms with Crippen LogP contribution in [0.2, 0.25) is 5.02 Å². The first kappa shape index (κ1) is 25.1. The lowest BCUT2D eigenvalue weighted by Gasteiger charge is -2.12. The smallest absolute Gasteiger partial charge is 0.198 e. The maximum Gasteiger partial charge on any atom is 0.198 e. The van der Waals surface area contributed by atoms with Crippen molar-refractivity contribution in [1.82, 2.24) is 15.2 Å². The van der Waals surface area contributed by atoms with Gasteiger partial charge in [-0.05, 0) is 25.1 Å². The minimum atomic E-state index is -3.59. The monoisotopic (exact) mass is 451 g/mol. The maximum atomic E-state index is 13.0. The molecule has 0 atom stereocenters. The number of rotatable bonds is 5. The number of sulfone groups is 1. The molecule has 3 rings (SSSR count).